The number of thiazole rings is 1. The highest BCUT2D eigenvalue weighted by Crippen LogP contribution is 2.26. The molecule has 0 aromatic carbocycles. The smallest absolute Gasteiger partial charge is 0.280 e. The zero-order valence-electron chi connectivity index (χ0n) is 16.7. The number of nitrogens with one attached hydrogen (secondary N) is 1. The van der Waals surface area contributed by atoms with Gasteiger partial charge in [-0.15, -0.1) is 11.3 Å². The minimum absolute atomic E-state index is 0.0302. The van der Waals surface area contributed by atoms with Gasteiger partial charge in [0.05, 0.1) is 18.7 Å². The number of hydrogen-bond acceptors (Lipinski definition) is 8. The van der Waals surface area contributed by atoms with Gasteiger partial charge in [0.2, 0.25) is 11.7 Å². The summed E-state index contributed by atoms with van der Waals surface area (Å²) in [6.45, 7) is 2.87. The van der Waals surface area contributed by atoms with E-state index in [-0.39, 0.29) is 45.2 Å². The molecular formula is C19H25N5O4S. The lowest BCUT2D eigenvalue weighted by molar-refractivity contribution is -0.127. The fourth-order valence-corrected chi connectivity index (χ4v) is 4.13. The molecule has 1 aromatic heterocycles. The molecule has 3 rings (SSSR count). The van der Waals surface area contributed by atoms with E-state index in [1.807, 2.05) is 19.0 Å². The summed E-state index contributed by atoms with van der Waals surface area (Å²) in [6, 6.07) is 0. The molecule has 1 aliphatic carbocycles. The van der Waals surface area contributed by atoms with Crippen LogP contribution in [0.1, 0.15) is 55.6 Å². The maximum absolute atomic E-state index is 12.6. The van der Waals surface area contributed by atoms with Crippen molar-refractivity contribution in [1.82, 2.24) is 20.1 Å². The number of amides is 2. The summed E-state index contributed by atoms with van der Waals surface area (Å²) in [7, 11) is 3.81. The van der Waals surface area contributed by atoms with E-state index in [2.05, 4.69) is 15.3 Å². The number of likely N-dealkylation sites (tertiary alicyclic amines) is 1. The van der Waals surface area contributed by atoms with Crippen LogP contribution in [-0.4, -0.2) is 90.7 Å². The van der Waals surface area contributed by atoms with Gasteiger partial charge in [-0.25, -0.2) is 4.98 Å². The molecule has 2 heterocycles. The number of fused-ring (bicyclic) bond motifs is 1. The van der Waals surface area contributed by atoms with Gasteiger partial charge >= 0.3 is 0 Å². The molecule has 1 fully saturated rings. The van der Waals surface area contributed by atoms with Crippen LogP contribution in [-0.2, 0) is 4.79 Å². The lowest BCUT2D eigenvalue weighted by Gasteiger charge is -2.14. The van der Waals surface area contributed by atoms with Crippen molar-refractivity contribution < 1.29 is 19.2 Å². The number of nitrogens with zero attached hydrogens (tertiary/aromatic N) is 4. The minimum Gasteiger partial charge on any atom is -0.350 e. The molecule has 1 N–H and O–H groups in total. The van der Waals surface area contributed by atoms with Crippen LogP contribution in [0.5, 0.6) is 0 Å². The third-order valence-electron chi connectivity index (χ3n) is 4.79. The Bertz CT molecular complexity index is 861. The Morgan fingerprint density at radius 2 is 2.10 bits per heavy atom. The summed E-state index contributed by atoms with van der Waals surface area (Å²) in [5.74, 6) is -0.860. The van der Waals surface area contributed by atoms with Gasteiger partial charge in [0.1, 0.15) is 10.6 Å². The SMILES string of the molecule is CN(C)CCN=C1CC(=O)c2sc(C(=O)NCCCN3CCCC3=O)nc2C1=O. The van der Waals surface area contributed by atoms with E-state index in [0.717, 1.165) is 24.3 Å². The van der Waals surface area contributed by atoms with Crippen molar-refractivity contribution in [3.63, 3.8) is 0 Å². The Kier molecular flexibility index (Phi) is 6.86. The molecular weight excluding hydrogens is 394 g/mol. The van der Waals surface area contributed by atoms with Crippen molar-refractivity contribution in [3.8, 4) is 0 Å². The third kappa shape index (κ3) is 5.13. The van der Waals surface area contributed by atoms with E-state index in [1.54, 1.807) is 4.90 Å². The second-order valence-electron chi connectivity index (χ2n) is 7.35. The van der Waals surface area contributed by atoms with E-state index in [9.17, 15) is 19.2 Å². The van der Waals surface area contributed by atoms with Gasteiger partial charge in [-0.05, 0) is 26.9 Å². The summed E-state index contributed by atoms with van der Waals surface area (Å²) < 4.78 is 0. The van der Waals surface area contributed by atoms with Gasteiger partial charge in [-0.3, -0.25) is 24.2 Å². The summed E-state index contributed by atoms with van der Waals surface area (Å²) >= 11 is 0.949. The number of hydrogen-bond donors (Lipinski definition) is 1. The molecule has 0 bridgehead atoms. The summed E-state index contributed by atoms with van der Waals surface area (Å²) in [4.78, 5) is 61.2. The summed E-state index contributed by atoms with van der Waals surface area (Å²) in [5.41, 5.74) is 0.236. The molecule has 156 valence electrons. The van der Waals surface area contributed by atoms with Crippen LogP contribution in [0.3, 0.4) is 0 Å². The molecule has 0 saturated carbocycles. The number of carbonyl (C=O) groups excluding carboxylic acids is 4. The van der Waals surface area contributed by atoms with Gasteiger partial charge in [-0.1, -0.05) is 0 Å². The first kappa shape index (κ1) is 21.3. The van der Waals surface area contributed by atoms with Crippen LogP contribution in [0.25, 0.3) is 0 Å². The van der Waals surface area contributed by atoms with Crippen molar-refractivity contribution in [1.29, 1.82) is 0 Å². The molecule has 1 aliphatic heterocycles. The Morgan fingerprint density at radius 1 is 1.31 bits per heavy atom. The average molecular weight is 420 g/mol. The first-order chi connectivity index (χ1) is 13.9. The van der Waals surface area contributed by atoms with Gasteiger partial charge in [0, 0.05) is 32.6 Å². The first-order valence-electron chi connectivity index (χ1n) is 9.69. The molecule has 0 radical (unpaired) electrons. The Morgan fingerprint density at radius 3 is 2.79 bits per heavy atom. The van der Waals surface area contributed by atoms with Crippen molar-refractivity contribution >= 4 is 40.4 Å². The van der Waals surface area contributed by atoms with E-state index < -0.39 is 5.91 Å². The quantitative estimate of drug-likeness (QED) is 0.620. The molecule has 9 nitrogen and oxygen atoms in total. The van der Waals surface area contributed by atoms with Gasteiger partial charge < -0.3 is 15.1 Å². The van der Waals surface area contributed by atoms with Crippen LogP contribution in [0, 0.1) is 0 Å². The molecule has 0 spiro atoms. The fourth-order valence-electron chi connectivity index (χ4n) is 3.21. The highest BCUT2D eigenvalue weighted by molar-refractivity contribution is 7.16. The molecule has 1 saturated heterocycles. The predicted octanol–water partition coefficient (Wildman–Crippen LogP) is 0.657. The van der Waals surface area contributed by atoms with Crippen LogP contribution >= 0.6 is 11.3 Å². The van der Waals surface area contributed by atoms with Crippen molar-refractivity contribution in [2.24, 2.45) is 4.99 Å². The maximum Gasteiger partial charge on any atom is 0.280 e. The fraction of sp³-hybridized carbons (Fsp3) is 0.579. The monoisotopic (exact) mass is 419 g/mol. The number of Topliss-reactive ketones (excluding diaryl/α,β-unsaturated/α-hetero) is 2. The average Bonchev–Trinajstić information content (AvgIpc) is 3.29. The third-order valence-corrected chi connectivity index (χ3v) is 5.89. The Balaban J connectivity index is 1.58. The minimum atomic E-state index is -0.413. The van der Waals surface area contributed by atoms with Gasteiger partial charge in [-0.2, -0.15) is 0 Å². The lowest BCUT2D eigenvalue weighted by atomic mass is 9.98. The number of carbonyl (C=O) groups is 4. The highest BCUT2D eigenvalue weighted by atomic mass is 32.1. The van der Waals surface area contributed by atoms with E-state index in [4.69, 9.17) is 0 Å². The number of aromatic nitrogens is 1. The van der Waals surface area contributed by atoms with E-state index in [1.165, 1.54) is 0 Å². The van der Waals surface area contributed by atoms with Gasteiger partial charge in [0.25, 0.3) is 5.91 Å². The Hall–Kier alpha value is -2.46. The Labute approximate surface area is 173 Å². The molecule has 0 unspecified atom stereocenters. The van der Waals surface area contributed by atoms with Crippen molar-refractivity contribution in [2.45, 2.75) is 25.7 Å². The zero-order chi connectivity index (χ0) is 21.0. The molecule has 2 amide bonds. The molecule has 2 aliphatic rings. The highest BCUT2D eigenvalue weighted by Gasteiger charge is 2.34. The van der Waals surface area contributed by atoms with E-state index >= 15 is 0 Å². The number of rotatable bonds is 8. The van der Waals surface area contributed by atoms with Crippen molar-refractivity contribution in [3.05, 3.63) is 15.6 Å². The summed E-state index contributed by atoms with van der Waals surface area (Å²) in [5, 5.41) is 2.85. The summed E-state index contributed by atoms with van der Waals surface area (Å²) in [6.07, 6.45) is 2.08. The standard InChI is InChI=1S/C19H25N5O4S/c1-23(2)10-7-20-12-11-13(25)17-15(16(12)27)22-19(29-17)18(28)21-6-4-9-24-8-3-5-14(24)26/h3-11H2,1-2H3,(H,21,28). The molecule has 0 atom stereocenters. The molecule has 1 aromatic rings. The predicted molar refractivity (Wildman–Crippen MR) is 109 cm³/mol. The van der Waals surface area contributed by atoms with Crippen LogP contribution in [0.15, 0.2) is 4.99 Å². The van der Waals surface area contributed by atoms with Crippen molar-refractivity contribution in [2.75, 3.05) is 46.8 Å². The first-order valence-corrected chi connectivity index (χ1v) is 10.5. The second-order valence-corrected chi connectivity index (χ2v) is 8.35. The normalized spacial score (nSPS) is 18.1. The molecule has 29 heavy (non-hydrogen) atoms. The largest absolute Gasteiger partial charge is 0.350 e. The lowest BCUT2D eigenvalue weighted by Crippen LogP contribution is -2.30. The van der Waals surface area contributed by atoms with Crippen LogP contribution < -0.4 is 5.32 Å². The second kappa shape index (κ2) is 9.36. The molecule has 10 heteroatoms. The maximum atomic E-state index is 12.6. The zero-order valence-corrected chi connectivity index (χ0v) is 17.5. The van der Waals surface area contributed by atoms with E-state index in [0.29, 0.717) is 39.0 Å². The van der Waals surface area contributed by atoms with Gasteiger partial charge in [0.15, 0.2) is 10.8 Å². The number of likely N-dealkylation sites (N-methyl/N-ethyl adjacent to an activating group) is 1. The van der Waals surface area contributed by atoms with Crippen LogP contribution in [0.4, 0.5) is 0 Å². The van der Waals surface area contributed by atoms with Crippen LogP contribution in [0.2, 0.25) is 0 Å². The number of aliphatic imine (C=N–C) groups is 1. The number of ketones is 2. The topological polar surface area (TPSA) is 112 Å².